The summed E-state index contributed by atoms with van der Waals surface area (Å²) in [5.41, 5.74) is 3.37. The highest BCUT2D eigenvalue weighted by molar-refractivity contribution is 6.50. The van der Waals surface area contributed by atoms with Gasteiger partial charge in [-0.2, -0.15) is 0 Å². The molecule has 0 saturated heterocycles. The fourth-order valence-electron chi connectivity index (χ4n) is 2.00. The monoisotopic (exact) mass is 280 g/mol. The molecule has 0 aliphatic rings. The second-order valence-electron chi connectivity index (χ2n) is 4.43. The fourth-order valence-corrected chi connectivity index (χ4v) is 2.24. The third kappa shape index (κ3) is 2.81. The maximum atomic E-state index is 6.31. The van der Waals surface area contributed by atoms with Crippen molar-refractivity contribution in [2.24, 2.45) is 0 Å². The van der Waals surface area contributed by atoms with E-state index >= 15 is 0 Å². The molecule has 0 spiro atoms. The molecule has 3 heteroatoms. The van der Waals surface area contributed by atoms with E-state index < -0.39 is 0 Å². The zero-order valence-electron chi connectivity index (χ0n) is 10.8. The predicted molar refractivity (Wildman–Crippen MR) is 84.1 cm³/mol. The molecule has 3 aromatic rings. The molecule has 0 fully saturated rings. The number of aromatic nitrogens is 2. The Labute approximate surface area is 123 Å². The first-order valence-electron chi connectivity index (χ1n) is 6.33. The summed E-state index contributed by atoms with van der Waals surface area (Å²) < 4.78 is 1.83. The van der Waals surface area contributed by atoms with Gasteiger partial charge in [0.2, 0.25) is 0 Å². The Morgan fingerprint density at radius 1 is 0.950 bits per heavy atom. The molecule has 3 rings (SSSR count). The van der Waals surface area contributed by atoms with Crippen LogP contribution in [-0.4, -0.2) is 9.55 Å². The van der Waals surface area contributed by atoms with Crippen molar-refractivity contribution in [3.8, 4) is 11.1 Å². The quantitative estimate of drug-likeness (QED) is 0.677. The summed E-state index contributed by atoms with van der Waals surface area (Å²) in [6.07, 6.45) is 7.12. The number of halogens is 1. The van der Waals surface area contributed by atoms with Crippen LogP contribution >= 0.6 is 11.6 Å². The number of nitrogens with zero attached hydrogens (tertiary/aromatic N) is 2. The molecule has 0 N–H and O–H groups in total. The molecule has 0 bridgehead atoms. The van der Waals surface area contributed by atoms with Gasteiger partial charge in [-0.3, -0.25) is 0 Å². The first-order chi connectivity index (χ1) is 9.83. The van der Waals surface area contributed by atoms with Crippen molar-refractivity contribution in [3.63, 3.8) is 0 Å². The number of hydrogen-bond acceptors (Lipinski definition) is 1. The van der Waals surface area contributed by atoms with Crippen molar-refractivity contribution in [1.29, 1.82) is 0 Å². The van der Waals surface area contributed by atoms with Gasteiger partial charge in [0.1, 0.15) is 0 Å². The van der Waals surface area contributed by atoms with E-state index in [1.54, 1.807) is 12.5 Å². The number of benzene rings is 2. The van der Waals surface area contributed by atoms with Crippen LogP contribution in [0.25, 0.3) is 22.4 Å². The van der Waals surface area contributed by atoms with Crippen molar-refractivity contribution >= 4 is 22.8 Å². The minimum Gasteiger partial charge on any atom is -0.312 e. The highest BCUT2D eigenvalue weighted by atomic mass is 35.5. The van der Waals surface area contributed by atoms with Crippen LogP contribution in [0, 0.1) is 0 Å². The van der Waals surface area contributed by atoms with Crippen LogP contribution in [0.4, 0.5) is 0 Å². The van der Waals surface area contributed by atoms with Gasteiger partial charge in [0.25, 0.3) is 0 Å². The molecule has 0 amide bonds. The van der Waals surface area contributed by atoms with Crippen LogP contribution in [0.2, 0.25) is 0 Å². The number of imidazole rings is 1. The first kappa shape index (κ1) is 12.7. The Balaban J connectivity index is 1.87. The third-order valence-electron chi connectivity index (χ3n) is 3.06. The summed E-state index contributed by atoms with van der Waals surface area (Å²) in [4.78, 5) is 3.98. The molecule has 0 saturated carbocycles. The Kier molecular flexibility index (Phi) is 3.66. The van der Waals surface area contributed by atoms with Crippen LogP contribution in [-0.2, 0) is 0 Å². The van der Waals surface area contributed by atoms with Crippen LogP contribution in [0.1, 0.15) is 5.56 Å². The van der Waals surface area contributed by atoms with Crippen molar-refractivity contribution in [2.75, 3.05) is 0 Å². The van der Waals surface area contributed by atoms with E-state index in [0.29, 0.717) is 5.03 Å². The van der Waals surface area contributed by atoms with Crippen molar-refractivity contribution < 1.29 is 0 Å². The van der Waals surface area contributed by atoms with Gasteiger partial charge in [-0.25, -0.2) is 4.98 Å². The molecule has 20 heavy (non-hydrogen) atoms. The second kappa shape index (κ2) is 5.76. The van der Waals surface area contributed by atoms with Crippen molar-refractivity contribution in [3.05, 3.63) is 78.9 Å². The lowest BCUT2D eigenvalue weighted by Gasteiger charge is -2.04. The smallest absolute Gasteiger partial charge is 0.0987 e. The van der Waals surface area contributed by atoms with E-state index in [0.717, 1.165) is 5.56 Å². The van der Waals surface area contributed by atoms with Gasteiger partial charge < -0.3 is 4.57 Å². The SMILES string of the molecule is Cl/C(=C\n1ccnc1)c1ccc(-c2ccccc2)cc1. The molecule has 1 aromatic heterocycles. The van der Waals surface area contributed by atoms with E-state index in [1.165, 1.54) is 11.1 Å². The van der Waals surface area contributed by atoms with Gasteiger partial charge in [0.15, 0.2) is 0 Å². The highest BCUT2D eigenvalue weighted by Crippen LogP contribution is 2.24. The summed E-state index contributed by atoms with van der Waals surface area (Å²) in [6.45, 7) is 0. The minimum absolute atomic E-state index is 0.683. The summed E-state index contributed by atoms with van der Waals surface area (Å²) in [6, 6.07) is 18.5. The van der Waals surface area contributed by atoms with Gasteiger partial charge in [-0.15, -0.1) is 0 Å². The standard InChI is InChI=1S/C17H13ClN2/c18-17(12-20-11-10-19-13-20)16-8-6-15(7-9-16)14-4-2-1-3-5-14/h1-13H/b17-12-. The van der Waals surface area contributed by atoms with Crippen LogP contribution < -0.4 is 0 Å². The average molecular weight is 281 g/mol. The average Bonchev–Trinajstić information content (AvgIpc) is 3.01. The summed E-state index contributed by atoms with van der Waals surface area (Å²) >= 11 is 6.31. The molecule has 0 aliphatic carbocycles. The fraction of sp³-hybridized carbons (Fsp3) is 0. The molecular formula is C17H13ClN2. The molecule has 1 heterocycles. The molecule has 2 aromatic carbocycles. The minimum atomic E-state index is 0.683. The zero-order valence-corrected chi connectivity index (χ0v) is 11.5. The van der Waals surface area contributed by atoms with Crippen LogP contribution in [0.15, 0.2) is 73.3 Å². The topological polar surface area (TPSA) is 17.8 Å². The van der Waals surface area contributed by atoms with Crippen LogP contribution in [0.5, 0.6) is 0 Å². The Hall–Kier alpha value is -2.32. The van der Waals surface area contributed by atoms with Gasteiger partial charge in [-0.1, -0.05) is 66.2 Å². The highest BCUT2D eigenvalue weighted by Gasteiger charge is 2.00. The summed E-state index contributed by atoms with van der Waals surface area (Å²) in [5, 5.41) is 0.683. The Morgan fingerprint density at radius 2 is 1.65 bits per heavy atom. The molecular weight excluding hydrogens is 268 g/mol. The number of rotatable bonds is 3. The second-order valence-corrected chi connectivity index (χ2v) is 4.84. The third-order valence-corrected chi connectivity index (χ3v) is 3.37. The van der Waals surface area contributed by atoms with Crippen LogP contribution in [0.3, 0.4) is 0 Å². The number of hydrogen-bond donors (Lipinski definition) is 0. The van der Waals surface area contributed by atoms with E-state index in [9.17, 15) is 0 Å². The first-order valence-corrected chi connectivity index (χ1v) is 6.71. The normalized spacial score (nSPS) is 11.6. The lowest BCUT2D eigenvalue weighted by atomic mass is 10.0. The van der Waals surface area contributed by atoms with Gasteiger partial charge in [-0.05, 0) is 16.7 Å². The maximum absolute atomic E-state index is 6.31. The zero-order chi connectivity index (χ0) is 13.8. The molecule has 98 valence electrons. The summed E-state index contributed by atoms with van der Waals surface area (Å²) in [7, 11) is 0. The Morgan fingerprint density at radius 3 is 2.30 bits per heavy atom. The maximum Gasteiger partial charge on any atom is 0.0987 e. The van der Waals surface area contributed by atoms with E-state index in [2.05, 4.69) is 29.2 Å². The molecule has 0 unspecified atom stereocenters. The van der Waals surface area contributed by atoms with Gasteiger partial charge in [0.05, 0.1) is 11.4 Å². The molecule has 0 aliphatic heterocycles. The largest absolute Gasteiger partial charge is 0.312 e. The molecule has 0 atom stereocenters. The van der Waals surface area contributed by atoms with Crippen molar-refractivity contribution in [2.45, 2.75) is 0 Å². The van der Waals surface area contributed by atoms with Gasteiger partial charge in [0, 0.05) is 18.6 Å². The predicted octanol–water partition coefficient (Wildman–Crippen LogP) is 4.74. The lowest BCUT2D eigenvalue weighted by molar-refractivity contribution is 1.14. The van der Waals surface area contributed by atoms with Gasteiger partial charge >= 0.3 is 0 Å². The van der Waals surface area contributed by atoms with Crippen molar-refractivity contribution in [1.82, 2.24) is 9.55 Å². The molecule has 0 radical (unpaired) electrons. The molecule has 2 nitrogen and oxygen atoms in total. The lowest BCUT2D eigenvalue weighted by Crippen LogP contribution is -1.84. The Bertz CT molecular complexity index is 699. The summed E-state index contributed by atoms with van der Waals surface area (Å²) in [5.74, 6) is 0. The van der Waals surface area contributed by atoms with E-state index in [1.807, 2.05) is 47.3 Å². The van der Waals surface area contributed by atoms with E-state index in [4.69, 9.17) is 11.6 Å². The van der Waals surface area contributed by atoms with E-state index in [-0.39, 0.29) is 0 Å².